The van der Waals surface area contributed by atoms with Gasteiger partial charge in [-0.15, -0.1) is 11.3 Å². The maximum absolute atomic E-state index is 12.3. The molecule has 1 heterocycles. The summed E-state index contributed by atoms with van der Waals surface area (Å²) in [5, 5.41) is 5.14. The molecule has 0 aliphatic rings. The number of rotatable bonds is 9. The number of nitrogens with one attached hydrogen (secondary N) is 1. The van der Waals surface area contributed by atoms with Crippen LogP contribution in [0.5, 0.6) is 5.75 Å². The van der Waals surface area contributed by atoms with E-state index in [-0.39, 0.29) is 24.8 Å². The molecule has 0 saturated carbocycles. The van der Waals surface area contributed by atoms with Crippen LogP contribution >= 0.6 is 11.3 Å². The van der Waals surface area contributed by atoms with Crippen molar-refractivity contribution in [1.82, 2.24) is 4.98 Å². The Labute approximate surface area is 186 Å². The van der Waals surface area contributed by atoms with Gasteiger partial charge in [0.05, 0.1) is 0 Å². The molecule has 1 N–H and O–H groups in total. The Morgan fingerprint density at radius 3 is 2.35 bits per heavy atom. The number of aryl methyl sites for hydroxylation is 3. The van der Waals surface area contributed by atoms with Gasteiger partial charge in [-0.05, 0) is 43.0 Å². The topological polar surface area (TPSA) is 77.5 Å². The van der Waals surface area contributed by atoms with Crippen LogP contribution in [0.4, 0.5) is 5.69 Å². The van der Waals surface area contributed by atoms with Gasteiger partial charge in [0.25, 0.3) is 5.91 Å². The summed E-state index contributed by atoms with van der Waals surface area (Å²) in [7, 11) is 0. The van der Waals surface area contributed by atoms with Gasteiger partial charge in [0, 0.05) is 11.1 Å². The van der Waals surface area contributed by atoms with E-state index in [1.807, 2.05) is 63.2 Å². The van der Waals surface area contributed by atoms with Crippen LogP contribution in [0.25, 0.3) is 0 Å². The van der Waals surface area contributed by atoms with Crippen LogP contribution in [-0.2, 0) is 29.0 Å². The minimum atomic E-state index is -0.632. The maximum atomic E-state index is 12.3. The molecule has 0 saturated heterocycles. The predicted molar refractivity (Wildman–Crippen MR) is 122 cm³/mol. The second-order valence-corrected chi connectivity index (χ2v) is 7.95. The van der Waals surface area contributed by atoms with E-state index in [1.165, 1.54) is 11.3 Å². The Morgan fingerprint density at radius 1 is 1.03 bits per heavy atom. The van der Waals surface area contributed by atoms with Crippen LogP contribution in [-0.4, -0.2) is 23.5 Å². The zero-order chi connectivity index (χ0) is 22.2. The van der Waals surface area contributed by atoms with Crippen LogP contribution in [0, 0.1) is 6.92 Å². The lowest BCUT2D eigenvalue weighted by atomic mass is 10.0. The molecule has 6 nitrogen and oxygen atoms in total. The summed E-state index contributed by atoms with van der Waals surface area (Å²) in [5.41, 5.74) is 4.23. The molecule has 7 heteroatoms. The van der Waals surface area contributed by atoms with E-state index in [0.29, 0.717) is 5.01 Å². The van der Waals surface area contributed by atoms with Gasteiger partial charge in [-0.3, -0.25) is 4.79 Å². The molecular formula is C24H26N2O4S. The molecule has 3 aromatic rings. The molecule has 1 aromatic heterocycles. The third-order valence-electron chi connectivity index (χ3n) is 4.74. The average molecular weight is 439 g/mol. The predicted octanol–water partition coefficient (Wildman–Crippen LogP) is 4.95. The van der Waals surface area contributed by atoms with Crippen molar-refractivity contribution in [2.24, 2.45) is 0 Å². The Hall–Kier alpha value is -3.19. The van der Waals surface area contributed by atoms with E-state index in [9.17, 15) is 9.59 Å². The fourth-order valence-corrected chi connectivity index (χ4v) is 3.71. The fraction of sp³-hybridized carbons (Fsp3) is 0.292. The number of esters is 1. The van der Waals surface area contributed by atoms with Crippen molar-refractivity contribution in [3.63, 3.8) is 0 Å². The Balaban J connectivity index is 1.52. The number of anilines is 1. The van der Waals surface area contributed by atoms with Crippen molar-refractivity contribution >= 4 is 28.9 Å². The minimum Gasteiger partial charge on any atom is -0.486 e. The number of benzene rings is 2. The van der Waals surface area contributed by atoms with Crippen molar-refractivity contribution in [3.8, 4) is 5.75 Å². The quantitative estimate of drug-likeness (QED) is 0.478. The van der Waals surface area contributed by atoms with Gasteiger partial charge in [0.2, 0.25) is 0 Å². The van der Waals surface area contributed by atoms with Gasteiger partial charge in [0.15, 0.2) is 12.3 Å². The second-order valence-electron chi connectivity index (χ2n) is 7.01. The number of carbonyl (C=O) groups excluding carboxylic acids is 2. The second kappa shape index (κ2) is 10.7. The van der Waals surface area contributed by atoms with Crippen molar-refractivity contribution in [2.75, 3.05) is 11.9 Å². The zero-order valence-electron chi connectivity index (χ0n) is 17.9. The normalized spacial score (nSPS) is 10.5. The van der Waals surface area contributed by atoms with Gasteiger partial charge in [-0.25, -0.2) is 9.78 Å². The van der Waals surface area contributed by atoms with Gasteiger partial charge >= 0.3 is 5.97 Å². The highest BCUT2D eigenvalue weighted by molar-refractivity contribution is 7.09. The van der Waals surface area contributed by atoms with E-state index in [2.05, 4.69) is 10.3 Å². The number of aromatic nitrogens is 1. The van der Waals surface area contributed by atoms with E-state index >= 15 is 0 Å². The Morgan fingerprint density at radius 2 is 1.71 bits per heavy atom. The minimum absolute atomic E-state index is 0.170. The highest BCUT2D eigenvalue weighted by Gasteiger charge is 2.16. The Bertz CT molecular complexity index is 1020. The van der Waals surface area contributed by atoms with E-state index < -0.39 is 5.97 Å². The number of nitrogens with zero attached hydrogens (tertiary/aromatic N) is 1. The number of para-hydroxylation sites is 1. The van der Waals surface area contributed by atoms with E-state index in [0.717, 1.165) is 41.0 Å². The standard InChI is InChI=1S/C24H26N2O4S/c1-4-17-7-6-8-18(5-2)23(17)26-21(27)13-30-24(28)20-15-31-22(25-20)14-29-19-11-9-16(3)10-12-19/h6-12,15H,4-5,13-14H2,1-3H3,(H,26,27). The lowest BCUT2D eigenvalue weighted by Crippen LogP contribution is -2.22. The fourth-order valence-electron chi connectivity index (χ4n) is 3.03. The van der Waals surface area contributed by atoms with Crippen molar-refractivity contribution < 1.29 is 19.1 Å². The van der Waals surface area contributed by atoms with Crippen LogP contribution in [0.15, 0.2) is 47.8 Å². The number of hydrogen-bond acceptors (Lipinski definition) is 6. The Kier molecular flexibility index (Phi) is 7.78. The summed E-state index contributed by atoms with van der Waals surface area (Å²) in [6.45, 7) is 5.97. The smallest absolute Gasteiger partial charge is 0.358 e. The molecule has 162 valence electrons. The molecule has 0 spiro atoms. The highest BCUT2D eigenvalue weighted by Crippen LogP contribution is 2.22. The average Bonchev–Trinajstić information content (AvgIpc) is 3.26. The maximum Gasteiger partial charge on any atom is 0.358 e. The zero-order valence-corrected chi connectivity index (χ0v) is 18.8. The highest BCUT2D eigenvalue weighted by atomic mass is 32.1. The molecule has 31 heavy (non-hydrogen) atoms. The number of hydrogen-bond donors (Lipinski definition) is 1. The SMILES string of the molecule is CCc1cccc(CC)c1NC(=O)COC(=O)c1csc(COc2ccc(C)cc2)n1. The van der Waals surface area contributed by atoms with Gasteiger partial charge in [-0.2, -0.15) is 0 Å². The molecule has 0 aliphatic heterocycles. The number of ether oxygens (including phenoxy) is 2. The third kappa shape index (κ3) is 6.15. The lowest BCUT2D eigenvalue weighted by molar-refractivity contribution is -0.119. The largest absolute Gasteiger partial charge is 0.486 e. The number of thiazole rings is 1. The first kappa shape index (κ1) is 22.5. The first-order valence-electron chi connectivity index (χ1n) is 10.2. The summed E-state index contributed by atoms with van der Waals surface area (Å²) in [5.74, 6) is -0.269. The summed E-state index contributed by atoms with van der Waals surface area (Å²) in [4.78, 5) is 28.9. The van der Waals surface area contributed by atoms with Crippen molar-refractivity contribution in [3.05, 3.63) is 75.2 Å². The van der Waals surface area contributed by atoms with E-state index in [4.69, 9.17) is 9.47 Å². The molecule has 0 fully saturated rings. The molecule has 0 aliphatic carbocycles. The van der Waals surface area contributed by atoms with E-state index in [1.54, 1.807) is 5.38 Å². The molecule has 0 bridgehead atoms. The van der Waals surface area contributed by atoms with Crippen LogP contribution < -0.4 is 10.1 Å². The van der Waals surface area contributed by atoms with Crippen molar-refractivity contribution in [2.45, 2.75) is 40.2 Å². The van der Waals surface area contributed by atoms with Crippen molar-refractivity contribution in [1.29, 1.82) is 0 Å². The molecule has 1 amide bonds. The van der Waals surface area contributed by atoms with Gasteiger partial charge in [0.1, 0.15) is 17.4 Å². The van der Waals surface area contributed by atoms with Gasteiger partial charge in [-0.1, -0.05) is 49.7 Å². The summed E-state index contributed by atoms with van der Waals surface area (Å²) < 4.78 is 10.8. The summed E-state index contributed by atoms with van der Waals surface area (Å²) >= 11 is 1.31. The molecule has 3 rings (SSSR count). The molecule has 2 aromatic carbocycles. The first-order chi connectivity index (χ1) is 15.0. The van der Waals surface area contributed by atoms with Crippen LogP contribution in [0.1, 0.15) is 46.0 Å². The van der Waals surface area contributed by atoms with Crippen LogP contribution in [0.2, 0.25) is 0 Å². The monoisotopic (exact) mass is 438 g/mol. The summed E-state index contributed by atoms with van der Waals surface area (Å²) in [6, 6.07) is 13.7. The molecule has 0 atom stereocenters. The van der Waals surface area contributed by atoms with Gasteiger partial charge < -0.3 is 14.8 Å². The molecule has 0 unspecified atom stereocenters. The number of carbonyl (C=O) groups is 2. The third-order valence-corrected chi connectivity index (χ3v) is 5.56. The summed E-state index contributed by atoms with van der Waals surface area (Å²) in [6.07, 6.45) is 1.60. The lowest BCUT2D eigenvalue weighted by Gasteiger charge is -2.14. The number of amides is 1. The first-order valence-corrected chi connectivity index (χ1v) is 11.1. The molecular weight excluding hydrogens is 412 g/mol. The van der Waals surface area contributed by atoms with Crippen LogP contribution in [0.3, 0.4) is 0 Å². The molecule has 0 radical (unpaired) electrons.